The predicted octanol–water partition coefficient (Wildman–Crippen LogP) is 9.78. The van der Waals surface area contributed by atoms with Crippen molar-refractivity contribution in [1.82, 2.24) is 15.0 Å². The molecule has 3 nitrogen and oxygen atoms in total. The highest BCUT2D eigenvalue weighted by molar-refractivity contribution is 5.90. The van der Waals surface area contributed by atoms with Crippen LogP contribution in [0.1, 0.15) is 38.8 Å². The fourth-order valence-corrected chi connectivity index (χ4v) is 6.24. The van der Waals surface area contributed by atoms with Crippen LogP contribution in [-0.2, 0) is 10.8 Å². The molecule has 0 saturated heterocycles. The van der Waals surface area contributed by atoms with E-state index in [1.54, 1.807) is 0 Å². The van der Waals surface area contributed by atoms with Gasteiger partial charge in [-0.3, -0.25) is 0 Å². The van der Waals surface area contributed by atoms with Crippen molar-refractivity contribution >= 4 is 0 Å². The lowest BCUT2D eigenvalue weighted by Crippen LogP contribution is -2.43. The van der Waals surface area contributed by atoms with Crippen LogP contribution in [0.3, 0.4) is 0 Å². The molecule has 0 saturated carbocycles. The summed E-state index contributed by atoms with van der Waals surface area (Å²) in [5, 5.41) is 0. The molecule has 0 spiro atoms. The summed E-state index contributed by atoms with van der Waals surface area (Å²) in [6.07, 6.45) is 0. The van der Waals surface area contributed by atoms with Gasteiger partial charge in [-0.2, -0.15) is 0 Å². The third-order valence-electron chi connectivity index (χ3n) is 9.31. The SMILES string of the molecule is CC1(C)c2cc(-c3ccccc3)ccc2-c2c(-c3nc(-c4ccccc4)nc(-c4ccccc4)n3)cccc2C1(C)C. The van der Waals surface area contributed by atoms with Crippen LogP contribution in [0.4, 0.5) is 0 Å². The molecule has 1 aromatic heterocycles. The average Bonchev–Trinajstić information content (AvgIpc) is 3.04. The minimum atomic E-state index is -0.141. The Morgan fingerprint density at radius 1 is 0.381 bits per heavy atom. The molecule has 3 heteroatoms. The second kappa shape index (κ2) is 9.88. The highest BCUT2D eigenvalue weighted by atomic mass is 15.0. The molecule has 1 aliphatic carbocycles. The second-order valence-corrected chi connectivity index (χ2v) is 12.1. The monoisotopic (exact) mass is 543 g/mol. The zero-order chi connectivity index (χ0) is 28.9. The summed E-state index contributed by atoms with van der Waals surface area (Å²) in [6.45, 7) is 9.48. The highest BCUT2D eigenvalue weighted by Gasteiger charge is 2.46. The molecule has 0 N–H and O–H groups in total. The van der Waals surface area contributed by atoms with Crippen molar-refractivity contribution in [3.05, 3.63) is 139 Å². The zero-order valence-corrected chi connectivity index (χ0v) is 24.5. The first-order valence-corrected chi connectivity index (χ1v) is 14.6. The first-order chi connectivity index (χ1) is 20.3. The molecular weight excluding hydrogens is 510 g/mol. The molecule has 6 aromatic rings. The molecule has 204 valence electrons. The van der Waals surface area contributed by atoms with Crippen molar-refractivity contribution < 1.29 is 0 Å². The van der Waals surface area contributed by atoms with Crippen molar-refractivity contribution in [1.29, 1.82) is 0 Å². The average molecular weight is 544 g/mol. The van der Waals surface area contributed by atoms with Crippen LogP contribution in [-0.4, -0.2) is 15.0 Å². The maximum Gasteiger partial charge on any atom is 0.164 e. The fraction of sp³-hybridized carbons (Fsp3) is 0.154. The van der Waals surface area contributed by atoms with Crippen LogP contribution in [0.2, 0.25) is 0 Å². The molecule has 1 heterocycles. The molecule has 5 aromatic carbocycles. The van der Waals surface area contributed by atoms with E-state index in [9.17, 15) is 0 Å². The molecule has 0 aliphatic heterocycles. The van der Waals surface area contributed by atoms with E-state index >= 15 is 0 Å². The van der Waals surface area contributed by atoms with Crippen molar-refractivity contribution in [2.75, 3.05) is 0 Å². The van der Waals surface area contributed by atoms with E-state index in [1.165, 1.54) is 33.4 Å². The lowest BCUT2D eigenvalue weighted by atomic mass is 9.55. The topological polar surface area (TPSA) is 38.7 Å². The smallest absolute Gasteiger partial charge is 0.164 e. The third kappa shape index (κ3) is 4.16. The van der Waals surface area contributed by atoms with Gasteiger partial charge in [-0.1, -0.05) is 149 Å². The van der Waals surface area contributed by atoms with Crippen molar-refractivity contribution in [3.63, 3.8) is 0 Å². The van der Waals surface area contributed by atoms with Gasteiger partial charge in [-0.05, 0) is 50.3 Å². The number of benzene rings is 5. The molecule has 0 radical (unpaired) electrons. The van der Waals surface area contributed by atoms with E-state index in [0.29, 0.717) is 17.5 Å². The Kier molecular flexibility index (Phi) is 6.13. The Balaban J connectivity index is 1.50. The molecule has 0 unspecified atom stereocenters. The zero-order valence-electron chi connectivity index (χ0n) is 24.5. The van der Waals surface area contributed by atoms with Gasteiger partial charge in [0.2, 0.25) is 0 Å². The number of aromatic nitrogens is 3. The van der Waals surface area contributed by atoms with E-state index in [-0.39, 0.29) is 10.8 Å². The van der Waals surface area contributed by atoms with Gasteiger partial charge in [0.15, 0.2) is 17.5 Å². The fourth-order valence-electron chi connectivity index (χ4n) is 6.24. The molecule has 0 amide bonds. The summed E-state index contributed by atoms with van der Waals surface area (Å²) in [5.41, 5.74) is 10.3. The summed E-state index contributed by atoms with van der Waals surface area (Å²) in [6, 6.07) is 44.5. The minimum Gasteiger partial charge on any atom is -0.208 e. The van der Waals surface area contributed by atoms with Crippen molar-refractivity contribution in [2.45, 2.75) is 38.5 Å². The molecule has 1 aliphatic rings. The summed E-state index contributed by atoms with van der Waals surface area (Å²) in [5.74, 6) is 2.03. The predicted molar refractivity (Wildman–Crippen MR) is 173 cm³/mol. The van der Waals surface area contributed by atoms with E-state index in [1.807, 2.05) is 36.4 Å². The quantitative estimate of drug-likeness (QED) is 0.222. The van der Waals surface area contributed by atoms with Gasteiger partial charge in [-0.25, -0.2) is 15.0 Å². The number of rotatable bonds is 4. The second-order valence-electron chi connectivity index (χ2n) is 12.1. The molecule has 0 atom stereocenters. The lowest BCUT2D eigenvalue weighted by Gasteiger charge is -2.49. The van der Waals surface area contributed by atoms with Gasteiger partial charge in [-0.15, -0.1) is 0 Å². The minimum absolute atomic E-state index is 0.109. The van der Waals surface area contributed by atoms with Crippen LogP contribution < -0.4 is 0 Å². The van der Waals surface area contributed by atoms with Gasteiger partial charge >= 0.3 is 0 Å². The van der Waals surface area contributed by atoms with Crippen LogP contribution in [0.25, 0.3) is 56.4 Å². The van der Waals surface area contributed by atoms with E-state index < -0.39 is 0 Å². The maximum absolute atomic E-state index is 5.11. The van der Waals surface area contributed by atoms with Gasteiger partial charge < -0.3 is 0 Å². The highest BCUT2D eigenvalue weighted by Crippen LogP contribution is 2.56. The van der Waals surface area contributed by atoms with Crippen LogP contribution in [0.5, 0.6) is 0 Å². The number of hydrogen-bond acceptors (Lipinski definition) is 3. The maximum atomic E-state index is 5.11. The lowest BCUT2D eigenvalue weighted by molar-refractivity contribution is 0.299. The van der Waals surface area contributed by atoms with Gasteiger partial charge in [0.25, 0.3) is 0 Å². The van der Waals surface area contributed by atoms with Gasteiger partial charge in [0.1, 0.15) is 0 Å². The molecule has 0 fully saturated rings. The van der Waals surface area contributed by atoms with Crippen molar-refractivity contribution in [2.24, 2.45) is 0 Å². The Morgan fingerprint density at radius 3 is 1.45 bits per heavy atom. The number of hydrogen-bond donors (Lipinski definition) is 0. The molecule has 42 heavy (non-hydrogen) atoms. The summed E-state index contributed by atoms with van der Waals surface area (Å²) < 4.78 is 0. The van der Waals surface area contributed by atoms with E-state index in [0.717, 1.165) is 16.7 Å². The third-order valence-corrected chi connectivity index (χ3v) is 9.31. The molecular formula is C39H33N3. The van der Waals surface area contributed by atoms with Crippen LogP contribution in [0.15, 0.2) is 127 Å². The Hall–Kier alpha value is -4.89. The molecule has 7 rings (SSSR count). The summed E-state index contributed by atoms with van der Waals surface area (Å²) in [7, 11) is 0. The van der Waals surface area contributed by atoms with Crippen LogP contribution in [0, 0.1) is 0 Å². The Morgan fingerprint density at radius 2 is 0.881 bits per heavy atom. The first-order valence-electron chi connectivity index (χ1n) is 14.6. The molecule has 0 bridgehead atoms. The summed E-state index contributed by atoms with van der Waals surface area (Å²) in [4.78, 5) is 15.1. The van der Waals surface area contributed by atoms with Gasteiger partial charge in [0, 0.05) is 16.7 Å². The number of fused-ring (bicyclic) bond motifs is 3. The van der Waals surface area contributed by atoms with E-state index in [4.69, 9.17) is 15.0 Å². The first kappa shape index (κ1) is 26.0. The van der Waals surface area contributed by atoms with Crippen molar-refractivity contribution in [3.8, 4) is 56.4 Å². The Bertz CT molecular complexity index is 1850. The largest absolute Gasteiger partial charge is 0.208 e. The van der Waals surface area contributed by atoms with Crippen LogP contribution >= 0.6 is 0 Å². The van der Waals surface area contributed by atoms with Gasteiger partial charge in [0.05, 0.1) is 0 Å². The normalized spacial score (nSPS) is 14.6. The van der Waals surface area contributed by atoms with E-state index in [2.05, 4.69) is 119 Å². The summed E-state index contributed by atoms with van der Waals surface area (Å²) >= 11 is 0. The number of nitrogens with zero attached hydrogens (tertiary/aromatic N) is 3. The standard InChI is InChI=1S/C39H33N3/c1-38(2)32-22-14-21-31(34(32)30-24-23-29(25-33(30)39(38,3)4)26-15-8-5-9-16-26)37-41-35(27-17-10-6-11-18-27)40-36(42-37)28-19-12-7-13-20-28/h5-25H,1-4H3. The Labute approximate surface area is 248 Å².